The standard InChI is InChI=1S/C19H20N4O8S/c1-20-15-8-7-14(10-16(15)23(27)28)32(29,30)21-11-19(26)31-12-18(25)22-17(24)9-13-5-3-2-4-6-13/h2-8,10,20-21H,9,11-12H2,1H3,(H,22,24,25). The molecule has 0 bridgehead atoms. The number of nitro groups is 1. The summed E-state index contributed by atoms with van der Waals surface area (Å²) < 4.78 is 31.1. The lowest BCUT2D eigenvalue weighted by atomic mass is 10.1. The number of sulfonamides is 1. The molecule has 2 aromatic rings. The fourth-order valence-electron chi connectivity index (χ4n) is 2.49. The Labute approximate surface area is 183 Å². The molecule has 0 heterocycles. The van der Waals surface area contributed by atoms with Crippen LogP contribution < -0.4 is 15.4 Å². The molecule has 0 atom stereocenters. The van der Waals surface area contributed by atoms with Crippen molar-refractivity contribution >= 4 is 39.2 Å². The van der Waals surface area contributed by atoms with E-state index in [4.69, 9.17) is 0 Å². The summed E-state index contributed by atoms with van der Waals surface area (Å²) in [7, 11) is -2.83. The second kappa shape index (κ2) is 11.0. The van der Waals surface area contributed by atoms with Crippen LogP contribution in [0.5, 0.6) is 0 Å². The molecule has 32 heavy (non-hydrogen) atoms. The summed E-state index contributed by atoms with van der Waals surface area (Å²) in [6.45, 7) is -1.61. The number of nitro benzene ring substituents is 1. The van der Waals surface area contributed by atoms with Crippen molar-refractivity contribution in [3.8, 4) is 0 Å². The van der Waals surface area contributed by atoms with E-state index < -0.39 is 56.5 Å². The van der Waals surface area contributed by atoms with Gasteiger partial charge in [-0.3, -0.25) is 29.8 Å². The molecule has 0 aliphatic carbocycles. The zero-order valence-electron chi connectivity index (χ0n) is 16.9. The van der Waals surface area contributed by atoms with Gasteiger partial charge in [0.25, 0.3) is 11.6 Å². The molecule has 13 heteroatoms. The van der Waals surface area contributed by atoms with Gasteiger partial charge in [0.1, 0.15) is 12.2 Å². The molecule has 170 valence electrons. The number of hydrogen-bond donors (Lipinski definition) is 3. The highest BCUT2D eigenvalue weighted by Gasteiger charge is 2.22. The van der Waals surface area contributed by atoms with E-state index in [9.17, 15) is 32.9 Å². The number of esters is 1. The monoisotopic (exact) mass is 464 g/mol. The number of imide groups is 1. The molecule has 3 N–H and O–H groups in total. The second-order valence-corrected chi connectivity index (χ2v) is 8.07. The van der Waals surface area contributed by atoms with Gasteiger partial charge in [-0.2, -0.15) is 4.72 Å². The van der Waals surface area contributed by atoms with Crippen LogP contribution in [0.4, 0.5) is 11.4 Å². The Kier molecular flexibility index (Phi) is 8.38. The normalized spacial score (nSPS) is 10.8. The van der Waals surface area contributed by atoms with E-state index in [-0.39, 0.29) is 12.1 Å². The maximum Gasteiger partial charge on any atom is 0.321 e. The summed E-state index contributed by atoms with van der Waals surface area (Å²) in [5, 5.41) is 15.7. The van der Waals surface area contributed by atoms with Gasteiger partial charge in [0.15, 0.2) is 6.61 Å². The van der Waals surface area contributed by atoms with Crippen molar-refractivity contribution in [1.82, 2.24) is 10.0 Å². The number of nitrogens with one attached hydrogen (secondary N) is 3. The van der Waals surface area contributed by atoms with Crippen LogP contribution in [0.1, 0.15) is 5.56 Å². The molecule has 0 spiro atoms. The molecule has 2 amide bonds. The van der Waals surface area contributed by atoms with Crippen molar-refractivity contribution in [1.29, 1.82) is 0 Å². The number of amides is 2. The number of carbonyl (C=O) groups is 3. The SMILES string of the molecule is CNc1ccc(S(=O)(=O)NCC(=O)OCC(=O)NC(=O)Cc2ccccc2)cc1[N+](=O)[O-]. The molecule has 12 nitrogen and oxygen atoms in total. The Hall–Kier alpha value is -3.84. The molecule has 2 rings (SSSR count). The van der Waals surface area contributed by atoms with Crippen LogP contribution >= 0.6 is 0 Å². The van der Waals surface area contributed by atoms with Gasteiger partial charge in [-0.1, -0.05) is 30.3 Å². The summed E-state index contributed by atoms with van der Waals surface area (Å²) in [5.74, 6) is -2.55. The van der Waals surface area contributed by atoms with Gasteiger partial charge in [0.2, 0.25) is 15.9 Å². The number of ether oxygens (including phenoxy) is 1. The lowest BCUT2D eigenvalue weighted by Crippen LogP contribution is -2.37. The Morgan fingerprint density at radius 2 is 1.75 bits per heavy atom. The molecule has 0 aliphatic heterocycles. The van der Waals surface area contributed by atoms with Crippen molar-refractivity contribution < 1.29 is 32.5 Å². The van der Waals surface area contributed by atoms with E-state index in [0.717, 1.165) is 12.1 Å². The lowest BCUT2D eigenvalue weighted by molar-refractivity contribution is -0.384. The highest BCUT2D eigenvalue weighted by Crippen LogP contribution is 2.26. The van der Waals surface area contributed by atoms with E-state index >= 15 is 0 Å². The van der Waals surface area contributed by atoms with Gasteiger partial charge < -0.3 is 10.1 Å². The van der Waals surface area contributed by atoms with Gasteiger partial charge in [-0.15, -0.1) is 0 Å². The Morgan fingerprint density at radius 1 is 1.06 bits per heavy atom. The van der Waals surface area contributed by atoms with Crippen LogP contribution in [0, 0.1) is 10.1 Å². The first kappa shape index (κ1) is 24.4. The van der Waals surface area contributed by atoms with Gasteiger partial charge in [-0.25, -0.2) is 8.42 Å². The lowest BCUT2D eigenvalue weighted by Gasteiger charge is -2.09. The third-order valence-corrected chi connectivity index (χ3v) is 5.40. The topological polar surface area (TPSA) is 174 Å². The van der Waals surface area contributed by atoms with Gasteiger partial charge in [-0.05, 0) is 17.7 Å². The number of hydrogen-bond acceptors (Lipinski definition) is 9. The summed E-state index contributed by atoms with van der Waals surface area (Å²) >= 11 is 0. The second-order valence-electron chi connectivity index (χ2n) is 6.31. The third-order valence-electron chi connectivity index (χ3n) is 4.00. The van der Waals surface area contributed by atoms with Crippen LogP contribution in [-0.2, 0) is 35.6 Å². The predicted octanol–water partition coefficient (Wildman–Crippen LogP) is 0.344. The smallest absolute Gasteiger partial charge is 0.321 e. The van der Waals surface area contributed by atoms with Crippen molar-refractivity contribution in [2.45, 2.75) is 11.3 Å². The quantitative estimate of drug-likeness (QED) is 0.254. The predicted molar refractivity (Wildman–Crippen MR) is 112 cm³/mol. The molecule has 0 aliphatic rings. The largest absolute Gasteiger partial charge is 0.455 e. The van der Waals surface area contributed by atoms with Crippen LogP contribution in [0.25, 0.3) is 0 Å². The minimum absolute atomic E-state index is 0.0429. The fourth-order valence-corrected chi connectivity index (χ4v) is 3.48. The van der Waals surface area contributed by atoms with Gasteiger partial charge in [0.05, 0.1) is 16.2 Å². The van der Waals surface area contributed by atoms with Crippen molar-refractivity contribution in [2.75, 3.05) is 25.5 Å². The number of rotatable bonds is 10. The molecule has 0 saturated heterocycles. The minimum Gasteiger partial charge on any atom is -0.455 e. The molecule has 0 radical (unpaired) electrons. The highest BCUT2D eigenvalue weighted by molar-refractivity contribution is 7.89. The average molecular weight is 464 g/mol. The van der Waals surface area contributed by atoms with E-state index in [1.165, 1.54) is 13.1 Å². The average Bonchev–Trinajstić information content (AvgIpc) is 2.76. The van der Waals surface area contributed by atoms with Crippen LogP contribution in [0.2, 0.25) is 0 Å². The number of nitrogens with zero attached hydrogens (tertiary/aromatic N) is 1. The minimum atomic E-state index is -4.27. The molecular weight excluding hydrogens is 444 g/mol. The van der Waals surface area contributed by atoms with E-state index in [1.54, 1.807) is 30.3 Å². The Morgan fingerprint density at radius 3 is 2.38 bits per heavy atom. The summed E-state index contributed by atoms with van der Waals surface area (Å²) in [6.07, 6.45) is -0.0429. The highest BCUT2D eigenvalue weighted by atomic mass is 32.2. The van der Waals surface area contributed by atoms with Crippen LogP contribution in [0.3, 0.4) is 0 Å². The zero-order valence-corrected chi connectivity index (χ0v) is 17.7. The first-order chi connectivity index (χ1) is 15.1. The first-order valence-corrected chi connectivity index (χ1v) is 10.6. The number of anilines is 1. The number of carbonyl (C=O) groups excluding carboxylic acids is 3. The maximum absolute atomic E-state index is 12.3. The van der Waals surface area contributed by atoms with Crippen molar-refractivity contribution in [3.63, 3.8) is 0 Å². The fraction of sp³-hybridized carbons (Fsp3) is 0.211. The van der Waals surface area contributed by atoms with Crippen LogP contribution in [-0.4, -0.2) is 51.3 Å². The van der Waals surface area contributed by atoms with E-state index in [1.807, 2.05) is 10.0 Å². The summed E-state index contributed by atoms with van der Waals surface area (Å²) in [5.41, 5.74) is 0.336. The molecule has 0 unspecified atom stereocenters. The maximum atomic E-state index is 12.3. The number of benzene rings is 2. The molecular formula is C19H20N4O8S. The zero-order chi connectivity index (χ0) is 23.7. The van der Waals surface area contributed by atoms with Gasteiger partial charge in [0, 0.05) is 13.1 Å². The molecule has 0 fully saturated rings. The van der Waals surface area contributed by atoms with E-state index in [0.29, 0.717) is 5.56 Å². The first-order valence-electron chi connectivity index (χ1n) is 9.10. The molecule has 2 aromatic carbocycles. The third kappa shape index (κ3) is 7.14. The summed E-state index contributed by atoms with van der Waals surface area (Å²) in [6, 6.07) is 11.8. The Balaban J connectivity index is 1.84. The van der Waals surface area contributed by atoms with Gasteiger partial charge >= 0.3 is 5.97 Å². The van der Waals surface area contributed by atoms with Crippen molar-refractivity contribution in [3.05, 3.63) is 64.2 Å². The van der Waals surface area contributed by atoms with E-state index in [2.05, 4.69) is 10.1 Å². The molecule has 0 aromatic heterocycles. The van der Waals surface area contributed by atoms with Crippen molar-refractivity contribution in [2.24, 2.45) is 0 Å². The Bertz CT molecular complexity index is 1120. The van der Waals surface area contributed by atoms with Crippen LogP contribution in [0.15, 0.2) is 53.4 Å². The molecule has 0 saturated carbocycles. The summed E-state index contributed by atoms with van der Waals surface area (Å²) in [4.78, 5) is 45.1.